The highest BCUT2D eigenvalue weighted by molar-refractivity contribution is 8.03. The van der Waals surface area contributed by atoms with Crippen molar-refractivity contribution in [3.8, 4) is 0 Å². The topological polar surface area (TPSA) is 54.9 Å². The number of hydrogen-bond donors (Lipinski definition) is 1. The lowest BCUT2D eigenvalue weighted by molar-refractivity contribution is -0.120. The van der Waals surface area contributed by atoms with Gasteiger partial charge in [0.1, 0.15) is 5.82 Å². The van der Waals surface area contributed by atoms with E-state index in [1.165, 1.54) is 35.2 Å². The van der Waals surface area contributed by atoms with Gasteiger partial charge in [0.05, 0.1) is 5.25 Å². The molecule has 2 aromatic rings. The average molecular weight is 358 g/mol. The lowest BCUT2D eigenvalue weighted by Crippen LogP contribution is -2.30. The monoisotopic (exact) mass is 357 g/mol. The third kappa shape index (κ3) is 5.26. The van der Waals surface area contributed by atoms with Crippen LogP contribution in [0.25, 0.3) is 0 Å². The minimum absolute atomic E-state index is 0.0748. The maximum Gasteiger partial charge on any atom is 0.233 e. The molecule has 0 unspecified atom stereocenters. The Kier molecular flexibility index (Phi) is 6.66. The lowest BCUT2D eigenvalue weighted by Gasteiger charge is -2.10. The highest BCUT2D eigenvalue weighted by Gasteiger charge is 2.17. The minimum Gasteiger partial charge on any atom is -0.351 e. The van der Waals surface area contributed by atoms with Crippen LogP contribution in [0.3, 0.4) is 0 Å². The van der Waals surface area contributed by atoms with Crippen LogP contribution in [-0.2, 0) is 11.3 Å². The van der Waals surface area contributed by atoms with Gasteiger partial charge in [-0.1, -0.05) is 53.9 Å². The number of amides is 1. The maximum absolute atomic E-state index is 12.8. The molecule has 1 aromatic heterocycles. The fourth-order valence-electron chi connectivity index (χ4n) is 1.57. The molecule has 0 aliphatic rings. The molecule has 4 nitrogen and oxygen atoms in total. The van der Waals surface area contributed by atoms with Gasteiger partial charge < -0.3 is 5.32 Å². The molecule has 0 aliphatic heterocycles. The predicted molar refractivity (Wildman–Crippen MR) is 89.9 cm³/mol. The number of aromatic nitrogens is 2. The number of nitrogens with one attached hydrogen (secondary N) is 1. The summed E-state index contributed by atoms with van der Waals surface area (Å²) in [5.41, 5.74) is 0.865. The summed E-state index contributed by atoms with van der Waals surface area (Å²) in [5.74, 6) is 0.595. The van der Waals surface area contributed by atoms with Crippen LogP contribution in [0.15, 0.2) is 32.9 Å². The second kappa shape index (κ2) is 8.50. The zero-order valence-electron chi connectivity index (χ0n) is 12.2. The van der Waals surface area contributed by atoms with Crippen molar-refractivity contribution in [1.29, 1.82) is 0 Å². The van der Waals surface area contributed by atoms with E-state index in [4.69, 9.17) is 0 Å². The molecule has 1 heterocycles. The quantitative estimate of drug-likeness (QED) is 0.768. The summed E-state index contributed by atoms with van der Waals surface area (Å²) in [4.78, 5) is 12.1. The predicted octanol–water partition coefficient (Wildman–Crippen LogP) is 3.59. The Morgan fingerprint density at radius 3 is 2.68 bits per heavy atom. The Balaban J connectivity index is 1.82. The van der Waals surface area contributed by atoms with Crippen molar-refractivity contribution < 1.29 is 9.18 Å². The van der Waals surface area contributed by atoms with Crippen molar-refractivity contribution >= 4 is 40.8 Å². The van der Waals surface area contributed by atoms with Crippen LogP contribution in [0.1, 0.15) is 19.4 Å². The number of thioether (sulfide) groups is 2. The second-order valence-corrected chi connectivity index (χ2v) is 8.45. The summed E-state index contributed by atoms with van der Waals surface area (Å²) in [5, 5.41) is 10.7. The average Bonchev–Trinajstić information content (AvgIpc) is 2.94. The molecule has 0 aliphatic carbocycles. The van der Waals surface area contributed by atoms with E-state index in [2.05, 4.69) is 22.4 Å². The van der Waals surface area contributed by atoms with E-state index in [0.29, 0.717) is 6.54 Å². The Hall–Kier alpha value is -1.12. The second-order valence-electron chi connectivity index (χ2n) is 4.37. The molecule has 0 radical (unpaired) electrons. The number of hydrogen-bond acceptors (Lipinski definition) is 6. The van der Waals surface area contributed by atoms with Crippen LogP contribution in [0.5, 0.6) is 0 Å². The highest BCUT2D eigenvalue weighted by atomic mass is 32.2. The first-order chi connectivity index (χ1) is 10.6. The van der Waals surface area contributed by atoms with E-state index in [1.807, 2.05) is 6.92 Å². The molecule has 0 saturated carbocycles. The highest BCUT2D eigenvalue weighted by Crippen LogP contribution is 2.31. The third-order valence-electron chi connectivity index (χ3n) is 2.68. The zero-order valence-corrected chi connectivity index (χ0v) is 14.7. The van der Waals surface area contributed by atoms with Gasteiger partial charge in [0.15, 0.2) is 8.68 Å². The summed E-state index contributed by atoms with van der Waals surface area (Å²) >= 11 is 4.54. The Labute approximate surface area is 141 Å². The zero-order chi connectivity index (χ0) is 15.9. The molecule has 1 amide bonds. The molecule has 1 atom stereocenters. The molecule has 118 valence electrons. The van der Waals surface area contributed by atoms with Crippen LogP contribution in [0.2, 0.25) is 0 Å². The Morgan fingerprint density at radius 2 is 2.00 bits per heavy atom. The van der Waals surface area contributed by atoms with Gasteiger partial charge in [-0.05, 0) is 30.4 Å². The van der Waals surface area contributed by atoms with Crippen molar-refractivity contribution in [1.82, 2.24) is 15.5 Å². The molecule has 0 spiro atoms. The standard InChI is InChI=1S/C14H16FN3OS3/c1-3-20-13-17-18-14(22-13)21-9(2)12(19)16-8-10-4-6-11(15)7-5-10/h4-7,9H,3,8H2,1-2H3,(H,16,19)/t9-/m0/s1. The maximum atomic E-state index is 12.8. The van der Waals surface area contributed by atoms with Crippen LogP contribution >= 0.6 is 34.9 Å². The number of carbonyl (C=O) groups excluding carboxylic acids is 1. The van der Waals surface area contributed by atoms with Gasteiger partial charge in [-0.15, -0.1) is 10.2 Å². The molecular formula is C14H16FN3OS3. The fraction of sp³-hybridized carbons (Fsp3) is 0.357. The smallest absolute Gasteiger partial charge is 0.233 e. The number of benzene rings is 1. The minimum atomic E-state index is -0.281. The van der Waals surface area contributed by atoms with Gasteiger partial charge in [0.25, 0.3) is 0 Å². The van der Waals surface area contributed by atoms with E-state index in [1.54, 1.807) is 23.9 Å². The third-order valence-corrected chi connectivity index (χ3v) is 5.81. The molecule has 2 rings (SSSR count). The molecule has 1 aromatic carbocycles. The Bertz CT molecular complexity index is 618. The summed E-state index contributed by atoms with van der Waals surface area (Å²) in [6, 6.07) is 6.08. The van der Waals surface area contributed by atoms with Crippen molar-refractivity contribution in [2.75, 3.05) is 5.75 Å². The van der Waals surface area contributed by atoms with E-state index < -0.39 is 0 Å². The summed E-state index contributed by atoms with van der Waals surface area (Å²) in [6.07, 6.45) is 0. The summed E-state index contributed by atoms with van der Waals surface area (Å²) in [6.45, 7) is 4.28. The van der Waals surface area contributed by atoms with Gasteiger partial charge in [-0.25, -0.2) is 4.39 Å². The van der Waals surface area contributed by atoms with E-state index in [-0.39, 0.29) is 17.0 Å². The van der Waals surface area contributed by atoms with Gasteiger partial charge in [-0.2, -0.15) is 0 Å². The number of halogens is 1. The van der Waals surface area contributed by atoms with Gasteiger partial charge in [-0.3, -0.25) is 4.79 Å². The number of rotatable bonds is 7. The largest absolute Gasteiger partial charge is 0.351 e. The van der Waals surface area contributed by atoms with E-state index in [0.717, 1.165) is 20.0 Å². The van der Waals surface area contributed by atoms with E-state index in [9.17, 15) is 9.18 Å². The number of carbonyl (C=O) groups is 1. The van der Waals surface area contributed by atoms with Crippen LogP contribution in [0, 0.1) is 5.82 Å². The van der Waals surface area contributed by atoms with Gasteiger partial charge >= 0.3 is 0 Å². The van der Waals surface area contributed by atoms with Gasteiger partial charge in [0.2, 0.25) is 5.91 Å². The first-order valence-corrected chi connectivity index (χ1v) is 9.41. The van der Waals surface area contributed by atoms with Crippen molar-refractivity contribution in [3.63, 3.8) is 0 Å². The van der Waals surface area contributed by atoms with E-state index >= 15 is 0 Å². The Morgan fingerprint density at radius 1 is 1.32 bits per heavy atom. The van der Waals surface area contributed by atoms with Crippen LogP contribution < -0.4 is 5.32 Å². The molecule has 8 heteroatoms. The van der Waals surface area contributed by atoms with Crippen LogP contribution in [0.4, 0.5) is 4.39 Å². The first-order valence-electron chi connectivity index (χ1n) is 6.73. The SMILES string of the molecule is CCSc1nnc(S[C@@H](C)C(=O)NCc2ccc(F)cc2)s1. The molecule has 0 saturated heterocycles. The summed E-state index contributed by atoms with van der Waals surface area (Å²) < 4.78 is 14.5. The van der Waals surface area contributed by atoms with Crippen LogP contribution in [-0.4, -0.2) is 27.1 Å². The van der Waals surface area contributed by atoms with Crippen molar-refractivity contribution in [2.24, 2.45) is 0 Å². The molecule has 22 heavy (non-hydrogen) atoms. The first kappa shape index (κ1) is 17.2. The molecule has 0 fully saturated rings. The van der Waals surface area contributed by atoms with Crippen molar-refractivity contribution in [2.45, 2.75) is 34.3 Å². The van der Waals surface area contributed by atoms with Crippen molar-refractivity contribution in [3.05, 3.63) is 35.6 Å². The number of nitrogens with zero attached hydrogens (tertiary/aromatic N) is 2. The molecule has 1 N–H and O–H groups in total. The summed E-state index contributed by atoms with van der Waals surface area (Å²) in [7, 11) is 0. The molecule has 0 bridgehead atoms. The molecular weight excluding hydrogens is 341 g/mol. The van der Waals surface area contributed by atoms with Gasteiger partial charge in [0, 0.05) is 6.54 Å². The fourth-order valence-corrected chi connectivity index (χ4v) is 4.65. The normalized spacial score (nSPS) is 12.1. The lowest BCUT2D eigenvalue weighted by atomic mass is 10.2.